The number of aliphatic hydroxyl groups excluding tert-OH is 1. The van der Waals surface area contributed by atoms with Gasteiger partial charge in [0.2, 0.25) is 0 Å². The second kappa shape index (κ2) is 1.94. The molecule has 9 heavy (non-hydrogen) atoms. The summed E-state index contributed by atoms with van der Waals surface area (Å²) < 4.78 is 0. The fraction of sp³-hybridized carbons (Fsp3) is 1.00. The van der Waals surface area contributed by atoms with E-state index in [4.69, 9.17) is 10.8 Å². The van der Waals surface area contributed by atoms with Crippen LogP contribution in [0.3, 0.4) is 0 Å². The zero-order valence-electron chi connectivity index (χ0n) is 5.54. The summed E-state index contributed by atoms with van der Waals surface area (Å²) in [6.07, 6.45) is 0.704. The highest BCUT2D eigenvalue weighted by Crippen LogP contribution is 2.27. The van der Waals surface area contributed by atoms with Crippen molar-refractivity contribution < 1.29 is 10.2 Å². The fourth-order valence-corrected chi connectivity index (χ4v) is 1.17. The molecule has 0 radical (unpaired) electrons. The summed E-state index contributed by atoms with van der Waals surface area (Å²) >= 11 is 0. The monoisotopic (exact) mass is 131 g/mol. The van der Waals surface area contributed by atoms with E-state index in [-0.39, 0.29) is 6.04 Å². The Morgan fingerprint density at radius 1 is 1.56 bits per heavy atom. The highest BCUT2D eigenvalue weighted by atomic mass is 16.3. The Labute approximate surface area is 54.5 Å². The third kappa shape index (κ3) is 0.956. The summed E-state index contributed by atoms with van der Waals surface area (Å²) in [7, 11) is 0. The van der Waals surface area contributed by atoms with E-state index in [1.165, 1.54) is 0 Å². The minimum absolute atomic E-state index is 0.257. The molecule has 0 aromatic rings. The Kier molecular flexibility index (Phi) is 1.50. The SMILES string of the molecule is C[C@]1(O)[C@H](N)CC[C@H]1O. The van der Waals surface area contributed by atoms with Crippen molar-refractivity contribution in [2.45, 2.75) is 37.5 Å². The van der Waals surface area contributed by atoms with Gasteiger partial charge in [-0.15, -0.1) is 0 Å². The van der Waals surface area contributed by atoms with Crippen LogP contribution >= 0.6 is 0 Å². The lowest BCUT2D eigenvalue weighted by molar-refractivity contribution is -0.0472. The van der Waals surface area contributed by atoms with Crippen molar-refractivity contribution in [1.82, 2.24) is 0 Å². The Morgan fingerprint density at radius 3 is 2.22 bits per heavy atom. The van der Waals surface area contributed by atoms with Crippen molar-refractivity contribution in [3.63, 3.8) is 0 Å². The molecule has 3 heteroatoms. The first kappa shape index (κ1) is 6.99. The summed E-state index contributed by atoms with van der Waals surface area (Å²) in [5.41, 5.74) is 4.44. The molecule has 0 bridgehead atoms. The van der Waals surface area contributed by atoms with Crippen molar-refractivity contribution in [2.75, 3.05) is 0 Å². The first-order chi connectivity index (χ1) is 4.05. The minimum atomic E-state index is -1.06. The van der Waals surface area contributed by atoms with Crippen molar-refractivity contribution in [3.8, 4) is 0 Å². The van der Waals surface area contributed by atoms with Gasteiger partial charge >= 0.3 is 0 Å². The molecule has 0 aromatic carbocycles. The summed E-state index contributed by atoms with van der Waals surface area (Å²) in [5, 5.41) is 18.5. The molecular formula is C6H13NO2. The van der Waals surface area contributed by atoms with Crippen LogP contribution in [0.15, 0.2) is 0 Å². The molecule has 0 saturated heterocycles. The summed E-state index contributed by atoms with van der Waals surface area (Å²) in [5.74, 6) is 0. The van der Waals surface area contributed by atoms with Crippen LogP contribution < -0.4 is 5.73 Å². The van der Waals surface area contributed by atoms with E-state index in [1.807, 2.05) is 0 Å². The lowest BCUT2D eigenvalue weighted by Gasteiger charge is -2.25. The topological polar surface area (TPSA) is 66.5 Å². The van der Waals surface area contributed by atoms with Crippen LogP contribution in [0, 0.1) is 0 Å². The normalized spacial score (nSPS) is 52.0. The van der Waals surface area contributed by atoms with Gasteiger partial charge in [0.15, 0.2) is 0 Å². The molecule has 1 saturated carbocycles. The van der Waals surface area contributed by atoms with Crippen molar-refractivity contribution >= 4 is 0 Å². The number of nitrogens with two attached hydrogens (primary N) is 1. The molecule has 1 aliphatic carbocycles. The zero-order valence-corrected chi connectivity index (χ0v) is 5.54. The van der Waals surface area contributed by atoms with Gasteiger partial charge in [-0.05, 0) is 19.8 Å². The summed E-state index contributed by atoms with van der Waals surface area (Å²) in [6.45, 7) is 1.58. The van der Waals surface area contributed by atoms with Crippen LogP contribution in [0.5, 0.6) is 0 Å². The van der Waals surface area contributed by atoms with Gasteiger partial charge in [-0.3, -0.25) is 0 Å². The van der Waals surface area contributed by atoms with Crippen molar-refractivity contribution in [2.24, 2.45) is 5.73 Å². The third-order valence-corrected chi connectivity index (χ3v) is 2.18. The Bertz CT molecular complexity index is 102. The van der Waals surface area contributed by atoms with Crippen LogP contribution in [-0.4, -0.2) is 28.0 Å². The molecule has 4 N–H and O–H groups in total. The predicted octanol–water partition coefficient (Wildman–Crippen LogP) is -0.781. The van der Waals surface area contributed by atoms with Crippen LogP contribution in [-0.2, 0) is 0 Å². The molecule has 0 heterocycles. The lowest BCUT2D eigenvalue weighted by Crippen LogP contribution is -2.47. The van der Waals surface area contributed by atoms with E-state index in [2.05, 4.69) is 0 Å². The predicted molar refractivity (Wildman–Crippen MR) is 33.8 cm³/mol. The standard InChI is InChI=1S/C6H13NO2/c1-6(9)4(7)2-3-5(6)8/h4-5,8-9H,2-3,7H2,1H3/t4-,5-,6+/m1/s1. The van der Waals surface area contributed by atoms with E-state index in [0.717, 1.165) is 0 Å². The number of rotatable bonds is 0. The lowest BCUT2D eigenvalue weighted by atomic mass is 9.99. The maximum atomic E-state index is 9.36. The molecule has 1 rings (SSSR count). The van der Waals surface area contributed by atoms with E-state index in [9.17, 15) is 5.11 Å². The molecule has 0 aliphatic heterocycles. The number of aliphatic hydroxyl groups is 2. The molecule has 0 amide bonds. The quantitative estimate of drug-likeness (QED) is 0.404. The van der Waals surface area contributed by atoms with Gasteiger partial charge in [0, 0.05) is 6.04 Å². The van der Waals surface area contributed by atoms with Gasteiger partial charge in [0.25, 0.3) is 0 Å². The van der Waals surface area contributed by atoms with Crippen LogP contribution in [0.4, 0.5) is 0 Å². The molecule has 1 aliphatic rings. The fourth-order valence-electron chi connectivity index (χ4n) is 1.17. The van der Waals surface area contributed by atoms with Crippen molar-refractivity contribution in [1.29, 1.82) is 0 Å². The Morgan fingerprint density at radius 2 is 2.11 bits per heavy atom. The van der Waals surface area contributed by atoms with E-state index in [0.29, 0.717) is 12.8 Å². The first-order valence-corrected chi connectivity index (χ1v) is 3.21. The molecular weight excluding hydrogens is 118 g/mol. The molecule has 1 fully saturated rings. The van der Waals surface area contributed by atoms with Gasteiger partial charge in [0.1, 0.15) is 5.60 Å². The molecule has 3 nitrogen and oxygen atoms in total. The average Bonchev–Trinajstić information content (AvgIpc) is 1.96. The van der Waals surface area contributed by atoms with Crippen LogP contribution in [0.1, 0.15) is 19.8 Å². The molecule has 3 atom stereocenters. The molecule has 0 unspecified atom stereocenters. The smallest absolute Gasteiger partial charge is 0.103 e. The highest BCUT2D eigenvalue weighted by molar-refractivity contribution is 4.98. The van der Waals surface area contributed by atoms with Gasteiger partial charge in [-0.2, -0.15) is 0 Å². The van der Waals surface area contributed by atoms with Gasteiger partial charge < -0.3 is 15.9 Å². The highest BCUT2D eigenvalue weighted by Gasteiger charge is 2.42. The largest absolute Gasteiger partial charge is 0.390 e. The molecule has 54 valence electrons. The summed E-state index contributed by atoms with van der Waals surface area (Å²) in [6, 6.07) is -0.257. The minimum Gasteiger partial charge on any atom is -0.390 e. The molecule has 0 spiro atoms. The maximum absolute atomic E-state index is 9.36. The van der Waals surface area contributed by atoms with Gasteiger partial charge in [0.05, 0.1) is 6.10 Å². The number of hydrogen-bond acceptors (Lipinski definition) is 3. The van der Waals surface area contributed by atoms with E-state index < -0.39 is 11.7 Å². The second-order valence-corrected chi connectivity index (χ2v) is 2.93. The van der Waals surface area contributed by atoms with Crippen molar-refractivity contribution in [3.05, 3.63) is 0 Å². The zero-order chi connectivity index (χ0) is 7.07. The van der Waals surface area contributed by atoms with Crippen LogP contribution in [0.25, 0.3) is 0 Å². The molecule has 0 aromatic heterocycles. The average molecular weight is 131 g/mol. The first-order valence-electron chi connectivity index (χ1n) is 3.21. The Balaban J connectivity index is 2.66. The van der Waals surface area contributed by atoms with E-state index in [1.54, 1.807) is 6.92 Å². The maximum Gasteiger partial charge on any atom is 0.103 e. The third-order valence-electron chi connectivity index (χ3n) is 2.18. The Hall–Kier alpha value is -0.120. The summed E-state index contributed by atoms with van der Waals surface area (Å²) in [4.78, 5) is 0. The number of hydrogen-bond donors (Lipinski definition) is 3. The second-order valence-electron chi connectivity index (χ2n) is 2.93. The van der Waals surface area contributed by atoms with E-state index >= 15 is 0 Å². The van der Waals surface area contributed by atoms with Gasteiger partial charge in [-0.1, -0.05) is 0 Å². The van der Waals surface area contributed by atoms with Gasteiger partial charge in [-0.25, -0.2) is 0 Å². The van der Waals surface area contributed by atoms with Crippen LogP contribution in [0.2, 0.25) is 0 Å².